The van der Waals surface area contributed by atoms with Crippen LogP contribution >= 0.6 is 0 Å². The Bertz CT molecular complexity index is 1390. The molecule has 0 spiro atoms. The van der Waals surface area contributed by atoms with E-state index in [1.54, 1.807) is 6.20 Å². The van der Waals surface area contributed by atoms with Crippen LogP contribution in [0.15, 0.2) is 66.5 Å². The fourth-order valence-corrected chi connectivity index (χ4v) is 5.21. The summed E-state index contributed by atoms with van der Waals surface area (Å²) in [5.74, 6) is 2.33. The van der Waals surface area contributed by atoms with Gasteiger partial charge in [0, 0.05) is 41.3 Å². The summed E-state index contributed by atoms with van der Waals surface area (Å²) in [4.78, 5) is 25.4. The normalized spacial score (nSPS) is 19.1. The lowest BCUT2D eigenvalue weighted by Gasteiger charge is -2.28. The molecule has 7 nitrogen and oxygen atoms in total. The van der Waals surface area contributed by atoms with Crippen LogP contribution in [-0.4, -0.2) is 31.8 Å². The first-order valence-electron chi connectivity index (χ1n) is 12.4. The summed E-state index contributed by atoms with van der Waals surface area (Å²) in [5, 5.41) is 4.25. The Labute approximate surface area is 205 Å². The lowest BCUT2D eigenvalue weighted by atomic mass is 9.81. The highest BCUT2D eigenvalue weighted by Crippen LogP contribution is 2.38. The SMILES string of the molecule is C/C=C\C(=C/C)C(=O)NCC1CCC(c2nc(-c3cc4ccccc4[nH]3)c3c(N)nccn23)CC1. The second-order valence-corrected chi connectivity index (χ2v) is 9.29. The second-order valence-electron chi connectivity index (χ2n) is 9.29. The van der Waals surface area contributed by atoms with Gasteiger partial charge in [-0.2, -0.15) is 0 Å². The number of aromatic amines is 1. The minimum Gasteiger partial charge on any atom is -0.382 e. The molecule has 3 aromatic heterocycles. The number of carbonyl (C=O) groups is 1. The number of rotatable bonds is 6. The Morgan fingerprint density at radius 3 is 2.77 bits per heavy atom. The van der Waals surface area contributed by atoms with E-state index in [0.717, 1.165) is 59.3 Å². The Hall–Kier alpha value is -3.87. The molecule has 0 saturated heterocycles. The highest BCUT2D eigenvalue weighted by atomic mass is 16.1. The zero-order chi connectivity index (χ0) is 24.4. The zero-order valence-corrected chi connectivity index (χ0v) is 20.3. The number of anilines is 1. The molecule has 1 aromatic carbocycles. The van der Waals surface area contributed by atoms with Crippen molar-refractivity contribution in [3.05, 3.63) is 72.4 Å². The molecule has 1 saturated carbocycles. The molecule has 0 atom stereocenters. The first-order valence-corrected chi connectivity index (χ1v) is 12.4. The number of nitrogen functional groups attached to an aromatic ring is 1. The van der Waals surface area contributed by atoms with Crippen molar-refractivity contribution in [3.8, 4) is 11.4 Å². The van der Waals surface area contributed by atoms with Crippen molar-refractivity contribution in [1.82, 2.24) is 24.7 Å². The lowest BCUT2D eigenvalue weighted by Crippen LogP contribution is -2.31. The second kappa shape index (κ2) is 9.78. The molecule has 1 fully saturated rings. The molecule has 4 N–H and O–H groups in total. The van der Waals surface area contributed by atoms with E-state index < -0.39 is 0 Å². The molecule has 0 bridgehead atoms. The number of nitrogens with zero attached hydrogens (tertiary/aromatic N) is 3. The van der Waals surface area contributed by atoms with Gasteiger partial charge >= 0.3 is 0 Å². The number of H-pyrrole nitrogens is 1. The minimum absolute atomic E-state index is 0.00192. The fourth-order valence-electron chi connectivity index (χ4n) is 5.21. The number of aromatic nitrogens is 4. The number of hydrogen-bond donors (Lipinski definition) is 3. The summed E-state index contributed by atoms with van der Waals surface area (Å²) >= 11 is 0. The van der Waals surface area contributed by atoms with Crippen LogP contribution in [0.1, 0.15) is 51.3 Å². The molecule has 1 aliphatic carbocycles. The van der Waals surface area contributed by atoms with Gasteiger partial charge in [-0.15, -0.1) is 0 Å². The quantitative estimate of drug-likeness (QED) is 0.261. The number of hydrogen-bond acceptors (Lipinski definition) is 4. The van der Waals surface area contributed by atoms with Crippen molar-refractivity contribution < 1.29 is 4.79 Å². The van der Waals surface area contributed by atoms with Gasteiger partial charge in [-0.1, -0.05) is 36.4 Å². The van der Waals surface area contributed by atoms with Crippen LogP contribution in [0.3, 0.4) is 0 Å². The molecule has 0 radical (unpaired) electrons. The van der Waals surface area contributed by atoms with Crippen LogP contribution in [0.4, 0.5) is 5.82 Å². The van der Waals surface area contributed by atoms with Crippen LogP contribution in [0.5, 0.6) is 0 Å². The van der Waals surface area contributed by atoms with Gasteiger partial charge in [0.1, 0.15) is 22.9 Å². The average molecular weight is 469 g/mol. The van der Waals surface area contributed by atoms with Crippen molar-refractivity contribution in [2.75, 3.05) is 12.3 Å². The van der Waals surface area contributed by atoms with E-state index >= 15 is 0 Å². The van der Waals surface area contributed by atoms with E-state index in [9.17, 15) is 4.79 Å². The van der Waals surface area contributed by atoms with Crippen LogP contribution in [0.2, 0.25) is 0 Å². The first-order chi connectivity index (χ1) is 17.1. The van der Waals surface area contributed by atoms with Gasteiger partial charge in [0.05, 0.1) is 5.69 Å². The number of imidazole rings is 1. The van der Waals surface area contributed by atoms with Crippen LogP contribution in [0.25, 0.3) is 27.8 Å². The first kappa shape index (κ1) is 22.9. The van der Waals surface area contributed by atoms with E-state index in [-0.39, 0.29) is 5.91 Å². The van der Waals surface area contributed by atoms with Crippen molar-refractivity contribution in [3.63, 3.8) is 0 Å². The van der Waals surface area contributed by atoms with Gasteiger partial charge in [-0.3, -0.25) is 9.20 Å². The maximum absolute atomic E-state index is 12.4. The van der Waals surface area contributed by atoms with E-state index in [0.29, 0.717) is 29.8 Å². The van der Waals surface area contributed by atoms with E-state index in [2.05, 4.69) is 37.9 Å². The van der Waals surface area contributed by atoms with Crippen molar-refractivity contribution >= 4 is 28.1 Å². The summed E-state index contributed by atoms with van der Waals surface area (Å²) < 4.78 is 2.12. The van der Waals surface area contributed by atoms with E-state index in [1.807, 2.05) is 50.4 Å². The third-order valence-corrected chi connectivity index (χ3v) is 7.08. The van der Waals surface area contributed by atoms with E-state index in [1.165, 1.54) is 0 Å². The zero-order valence-electron chi connectivity index (χ0n) is 20.3. The number of amides is 1. The number of fused-ring (bicyclic) bond motifs is 2. The van der Waals surface area contributed by atoms with Crippen LogP contribution < -0.4 is 11.1 Å². The molecule has 35 heavy (non-hydrogen) atoms. The van der Waals surface area contributed by atoms with Crippen LogP contribution in [-0.2, 0) is 4.79 Å². The van der Waals surface area contributed by atoms with Crippen LogP contribution in [0, 0.1) is 5.92 Å². The molecule has 1 aliphatic rings. The molecular formula is C28H32N6O. The highest BCUT2D eigenvalue weighted by Gasteiger charge is 2.28. The number of benzene rings is 1. The topological polar surface area (TPSA) is 101 Å². The van der Waals surface area contributed by atoms with Crippen molar-refractivity contribution in [2.24, 2.45) is 5.92 Å². The predicted octanol–water partition coefficient (Wildman–Crippen LogP) is 5.37. The third kappa shape index (κ3) is 4.46. The molecule has 7 heteroatoms. The third-order valence-electron chi connectivity index (χ3n) is 7.08. The summed E-state index contributed by atoms with van der Waals surface area (Å²) in [6, 6.07) is 10.3. The molecular weight excluding hydrogens is 436 g/mol. The van der Waals surface area contributed by atoms with Gasteiger partial charge in [-0.25, -0.2) is 9.97 Å². The maximum Gasteiger partial charge on any atom is 0.250 e. The van der Waals surface area contributed by atoms with Gasteiger partial charge in [0.15, 0.2) is 0 Å². The predicted molar refractivity (Wildman–Crippen MR) is 141 cm³/mol. The highest BCUT2D eigenvalue weighted by molar-refractivity contribution is 5.96. The molecule has 0 unspecified atom stereocenters. The summed E-state index contributed by atoms with van der Waals surface area (Å²) in [6.45, 7) is 4.52. The minimum atomic E-state index is -0.00192. The van der Waals surface area contributed by atoms with E-state index in [4.69, 9.17) is 10.7 Å². The van der Waals surface area contributed by atoms with Crippen molar-refractivity contribution in [1.29, 1.82) is 0 Å². The lowest BCUT2D eigenvalue weighted by molar-refractivity contribution is -0.117. The fraction of sp³-hybridized carbons (Fsp3) is 0.321. The Morgan fingerprint density at radius 2 is 2.03 bits per heavy atom. The smallest absolute Gasteiger partial charge is 0.250 e. The Kier molecular flexibility index (Phi) is 6.40. The monoisotopic (exact) mass is 468 g/mol. The summed E-state index contributed by atoms with van der Waals surface area (Å²) in [5.41, 5.74) is 10.8. The Morgan fingerprint density at radius 1 is 1.23 bits per heavy atom. The van der Waals surface area contributed by atoms with Gasteiger partial charge in [-0.05, 0) is 57.6 Å². The molecule has 5 rings (SSSR count). The Balaban J connectivity index is 1.35. The molecule has 1 amide bonds. The van der Waals surface area contributed by atoms with Gasteiger partial charge in [0.2, 0.25) is 0 Å². The average Bonchev–Trinajstić information content (AvgIpc) is 3.49. The van der Waals surface area contributed by atoms with Crippen molar-refractivity contribution in [2.45, 2.75) is 45.4 Å². The maximum atomic E-state index is 12.4. The molecule has 4 aromatic rings. The van der Waals surface area contributed by atoms with Gasteiger partial charge in [0.25, 0.3) is 5.91 Å². The standard InChI is InChI=1S/C28H32N6O/c1-3-7-19(4-2)28(35)31-17-18-10-12-20(13-11-18)27-33-24(25-26(29)30-14-15-34(25)27)23-16-21-8-5-6-9-22(21)32-23/h3-9,14-16,18,20,32H,10-13,17H2,1-2H3,(H2,29,30)(H,31,35)/b7-3-,19-4+. The number of carbonyl (C=O) groups excluding carboxylic acids is 1. The molecule has 3 heterocycles. The molecule has 180 valence electrons. The number of nitrogens with two attached hydrogens (primary N) is 1. The number of allylic oxidation sites excluding steroid dienone is 2. The summed E-state index contributed by atoms with van der Waals surface area (Å²) in [6.07, 6.45) is 13.5. The number of nitrogens with one attached hydrogen (secondary N) is 2. The largest absolute Gasteiger partial charge is 0.382 e. The number of para-hydroxylation sites is 1. The van der Waals surface area contributed by atoms with Gasteiger partial charge < -0.3 is 16.0 Å². The summed E-state index contributed by atoms with van der Waals surface area (Å²) in [7, 11) is 0. The molecule has 0 aliphatic heterocycles.